The second-order valence-corrected chi connectivity index (χ2v) is 18.5. The van der Waals surface area contributed by atoms with Crippen LogP contribution in [0.5, 0.6) is 0 Å². The highest BCUT2D eigenvalue weighted by atomic mass is 16.6. The standard InChI is InChI=1S/C57H104O6/c1-4-7-10-13-16-19-22-25-28-31-34-37-40-43-46-49-55(58)61-52-54(63-57(60)51-48-45-42-39-36-33-30-27-24-21-18-15-12-9-6-3)53-62-56(59)50-47-44-41-38-35-32-29-26-23-20-17-14-11-8-5-2/h16,19,25,27-28,30,54H,4-15,17-18,20-24,26,29,31-53H2,1-3H3/b19-16+,28-25+,30-27-. The number of hydrogen-bond donors (Lipinski definition) is 0. The molecule has 0 aliphatic rings. The van der Waals surface area contributed by atoms with Crippen LogP contribution in [0.25, 0.3) is 0 Å². The van der Waals surface area contributed by atoms with E-state index >= 15 is 0 Å². The Bertz CT molecular complexity index is 1060. The van der Waals surface area contributed by atoms with Crippen molar-refractivity contribution in [2.75, 3.05) is 13.2 Å². The maximum Gasteiger partial charge on any atom is 0.306 e. The summed E-state index contributed by atoms with van der Waals surface area (Å²) in [6.45, 7) is 6.62. The van der Waals surface area contributed by atoms with Gasteiger partial charge in [-0.15, -0.1) is 0 Å². The van der Waals surface area contributed by atoms with Crippen molar-refractivity contribution in [2.24, 2.45) is 0 Å². The lowest BCUT2D eigenvalue weighted by Crippen LogP contribution is -2.30. The van der Waals surface area contributed by atoms with Crippen LogP contribution in [-0.2, 0) is 28.6 Å². The molecule has 6 heteroatoms. The van der Waals surface area contributed by atoms with E-state index in [-0.39, 0.29) is 31.1 Å². The number of ether oxygens (including phenoxy) is 3. The summed E-state index contributed by atoms with van der Waals surface area (Å²) in [6, 6.07) is 0. The molecule has 0 spiro atoms. The predicted octanol–water partition coefficient (Wildman–Crippen LogP) is 18.1. The summed E-state index contributed by atoms with van der Waals surface area (Å²) < 4.78 is 16.8. The molecule has 0 saturated carbocycles. The van der Waals surface area contributed by atoms with Crippen LogP contribution in [0.2, 0.25) is 0 Å². The molecule has 0 rings (SSSR count). The third-order valence-electron chi connectivity index (χ3n) is 12.1. The van der Waals surface area contributed by atoms with E-state index in [0.29, 0.717) is 19.3 Å². The third-order valence-corrected chi connectivity index (χ3v) is 12.1. The van der Waals surface area contributed by atoms with E-state index in [1.54, 1.807) is 0 Å². The Morgan fingerprint density at radius 3 is 0.921 bits per heavy atom. The minimum Gasteiger partial charge on any atom is -0.462 e. The first-order chi connectivity index (χ1) is 31.0. The minimum atomic E-state index is -0.779. The lowest BCUT2D eigenvalue weighted by atomic mass is 10.0. The lowest BCUT2D eigenvalue weighted by molar-refractivity contribution is -0.167. The molecule has 368 valence electrons. The lowest BCUT2D eigenvalue weighted by Gasteiger charge is -2.18. The average Bonchev–Trinajstić information content (AvgIpc) is 3.28. The first-order valence-corrected chi connectivity index (χ1v) is 27.5. The summed E-state index contributed by atoms with van der Waals surface area (Å²) in [4.78, 5) is 38.0. The largest absolute Gasteiger partial charge is 0.462 e. The van der Waals surface area contributed by atoms with Crippen molar-refractivity contribution in [3.8, 4) is 0 Å². The Morgan fingerprint density at radius 2 is 0.571 bits per heavy atom. The molecule has 0 aliphatic heterocycles. The van der Waals surface area contributed by atoms with Crippen LogP contribution >= 0.6 is 0 Å². The monoisotopic (exact) mass is 885 g/mol. The molecule has 6 nitrogen and oxygen atoms in total. The molecule has 0 amide bonds. The quantitative estimate of drug-likeness (QED) is 0.0262. The summed E-state index contributed by atoms with van der Waals surface area (Å²) in [5.41, 5.74) is 0. The zero-order valence-electron chi connectivity index (χ0n) is 42.1. The van der Waals surface area contributed by atoms with Crippen molar-refractivity contribution in [2.45, 2.75) is 297 Å². The highest BCUT2D eigenvalue weighted by molar-refractivity contribution is 5.71. The number of carbonyl (C=O) groups excluding carboxylic acids is 3. The molecule has 0 saturated heterocycles. The van der Waals surface area contributed by atoms with E-state index in [1.807, 2.05) is 0 Å². The number of hydrogen-bond acceptors (Lipinski definition) is 6. The molecule has 0 bridgehead atoms. The van der Waals surface area contributed by atoms with Crippen LogP contribution in [0.15, 0.2) is 36.5 Å². The van der Waals surface area contributed by atoms with Crippen LogP contribution in [-0.4, -0.2) is 37.2 Å². The zero-order valence-corrected chi connectivity index (χ0v) is 42.1. The van der Waals surface area contributed by atoms with E-state index in [0.717, 1.165) is 83.5 Å². The Hall–Kier alpha value is -2.37. The first kappa shape index (κ1) is 60.6. The van der Waals surface area contributed by atoms with Gasteiger partial charge >= 0.3 is 17.9 Å². The highest BCUT2D eigenvalue weighted by Crippen LogP contribution is 2.16. The second kappa shape index (κ2) is 52.3. The smallest absolute Gasteiger partial charge is 0.306 e. The molecular formula is C57H104O6. The number of unbranched alkanes of at least 4 members (excludes halogenated alkanes) is 33. The maximum atomic E-state index is 12.8. The number of carbonyl (C=O) groups is 3. The molecule has 63 heavy (non-hydrogen) atoms. The SMILES string of the molecule is CCCCC/C=C/C/C=C/CCCCCCCC(=O)OCC(COC(=O)CCCCCCCCCCCCCCCCC)OC(=O)CCCCCCC/C=C\CCCCCCCC. The van der Waals surface area contributed by atoms with E-state index in [4.69, 9.17) is 14.2 Å². The van der Waals surface area contributed by atoms with Crippen molar-refractivity contribution >= 4 is 17.9 Å². The van der Waals surface area contributed by atoms with Crippen molar-refractivity contribution in [3.05, 3.63) is 36.5 Å². The first-order valence-electron chi connectivity index (χ1n) is 27.5. The second-order valence-electron chi connectivity index (χ2n) is 18.5. The van der Waals surface area contributed by atoms with Gasteiger partial charge < -0.3 is 14.2 Å². The molecular weight excluding hydrogens is 781 g/mol. The van der Waals surface area contributed by atoms with Crippen LogP contribution in [0, 0.1) is 0 Å². The van der Waals surface area contributed by atoms with Gasteiger partial charge in [0.2, 0.25) is 0 Å². The normalized spacial score (nSPS) is 12.2. The molecule has 0 aromatic carbocycles. The van der Waals surface area contributed by atoms with Crippen molar-refractivity contribution < 1.29 is 28.6 Å². The van der Waals surface area contributed by atoms with Gasteiger partial charge in [0.1, 0.15) is 13.2 Å². The molecule has 0 aromatic rings. The van der Waals surface area contributed by atoms with Gasteiger partial charge in [0.05, 0.1) is 0 Å². The van der Waals surface area contributed by atoms with Gasteiger partial charge in [0, 0.05) is 19.3 Å². The van der Waals surface area contributed by atoms with Crippen molar-refractivity contribution in [1.29, 1.82) is 0 Å². The molecule has 0 fully saturated rings. The van der Waals surface area contributed by atoms with Gasteiger partial charge in [-0.3, -0.25) is 14.4 Å². The summed E-state index contributed by atoms with van der Waals surface area (Å²) in [5, 5.41) is 0. The Labute approximate surface area is 391 Å². The van der Waals surface area contributed by atoms with Gasteiger partial charge in [-0.05, 0) is 77.0 Å². The minimum absolute atomic E-state index is 0.0767. The van der Waals surface area contributed by atoms with Gasteiger partial charge in [-0.2, -0.15) is 0 Å². The number of rotatable bonds is 50. The van der Waals surface area contributed by atoms with Gasteiger partial charge in [-0.1, -0.05) is 231 Å². The fourth-order valence-electron chi connectivity index (χ4n) is 7.94. The molecule has 0 N–H and O–H groups in total. The number of esters is 3. The Balaban J connectivity index is 4.38. The average molecular weight is 885 g/mol. The molecule has 0 aliphatic carbocycles. The fourth-order valence-corrected chi connectivity index (χ4v) is 7.94. The molecule has 0 aromatic heterocycles. The van der Waals surface area contributed by atoms with Crippen LogP contribution < -0.4 is 0 Å². The summed E-state index contributed by atoms with van der Waals surface area (Å²) in [7, 11) is 0. The zero-order chi connectivity index (χ0) is 45.8. The van der Waals surface area contributed by atoms with Gasteiger partial charge in [-0.25, -0.2) is 0 Å². The van der Waals surface area contributed by atoms with Crippen LogP contribution in [0.1, 0.15) is 290 Å². The summed E-state index contributed by atoms with van der Waals surface area (Å²) in [6.07, 6.45) is 61.2. The summed E-state index contributed by atoms with van der Waals surface area (Å²) >= 11 is 0. The molecule has 1 atom stereocenters. The molecule has 0 radical (unpaired) electrons. The predicted molar refractivity (Wildman–Crippen MR) is 270 cm³/mol. The van der Waals surface area contributed by atoms with E-state index in [2.05, 4.69) is 57.2 Å². The summed E-state index contributed by atoms with van der Waals surface area (Å²) in [5.74, 6) is -0.886. The van der Waals surface area contributed by atoms with E-state index in [1.165, 1.54) is 167 Å². The van der Waals surface area contributed by atoms with E-state index in [9.17, 15) is 14.4 Å². The van der Waals surface area contributed by atoms with Crippen molar-refractivity contribution in [3.63, 3.8) is 0 Å². The molecule has 0 heterocycles. The van der Waals surface area contributed by atoms with Gasteiger partial charge in [0.15, 0.2) is 6.10 Å². The van der Waals surface area contributed by atoms with Crippen LogP contribution in [0.4, 0.5) is 0 Å². The van der Waals surface area contributed by atoms with E-state index < -0.39 is 6.10 Å². The number of allylic oxidation sites excluding steroid dienone is 6. The molecule has 1 unspecified atom stereocenters. The Morgan fingerprint density at radius 1 is 0.317 bits per heavy atom. The third kappa shape index (κ3) is 50.5. The fraction of sp³-hybridized carbons (Fsp3) is 0.842. The van der Waals surface area contributed by atoms with Crippen molar-refractivity contribution in [1.82, 2.24) is 0 Å². The topological polar surface area (TPSA) is 78.9 Å². The van der Waals surface area contributed by atoms with Gasteiger partial charge in [0.25, 0.3) is 0 Å². The maximum absolute atomic E-state index is 12.8. The highest BCUT2D eigenvalue weighted by Gasteiger charge is 2.19. The Kier molecular flexibility index (Phi) is 50.3. The van der Waals surface area contributed by atoms with Crippen LogP contribution in [0.3, 0.4) is 0 Å².